The SMILES string of the molecule is CNC(=O)c1c(-c2ccc(C)cc2)oc2ccc(-n3cc(C(=O)NC4(c5ccccc5)CC4)ncc3=O)cc12. The fraction of sp³-hybridized carbons (Fsp3) is 0.161. The predicted octanol–water partition coefficient (Wildman–Crippen LogP) is 4.73. The second-order valence-electron chi connectivity index (χ2n) is 9.81. The number of nitrogens with zero attached hydrogens (tertiary/aromatic N) is 2. The number of carbonyl (C=O) groups is 2. The van der Waals surface area contributed by atoms with Crippen molar-refractivity contribution in [2.24, 2.45) is 0 Å². The molecule has 0 radical (unpaired) electrons. The Kier molecular flexibility index (Phi) is 5.87. The van der Waals surface area contributed by atoms with E-state index in [1.807, 2.05) is 61.5 Å². The molecule has 0 bridgehead atoms. The maximum absolute atomic E-state index is 13.2. The zero-order chi connectivity index (χ0) is 27.1. The lowest BCUT2D eigenvalue weighted by Crippen LogP contribution is -2.36. The number of rotatable bonds is 6. The number of fused-ring (bicyclic) bond motifs is 1. The van der Waals surface area contributed by atoms with E-state index < -0.39 is 11.1 Å². The van der Waals surface area contributed by atoms with Crippen molar-refractivity contribution >= 4 is 22.8 Å². The van der Waals surface area contributed by atoms with E-state index in [1.54, 1.807) is 25.2 Å². The molecule has 2 aromatic heterocycles. The van der Waals surface area contributed by atoms with Crippen molar-refractivity contribution in [3.05, 3.63) is 118 Å². The first-order valence-corrected chi connectivity index (χ1v) is 12.7. The minimum absolute atomic E-state index is 0.121. The summed E-state index contributed by atoms with van der Waals surface area (Å²) in [6, 6.07) is 22.7. The van der Waals surface area contributed by atoms with E-state index in [0.717, 1.165) is 35.7 Å². The largest absolute Gasteiger partial charge is 0.455 e. The van der Waals surface area contributed by atoms with Gasteiger partial charge in [0.2, 0.25) is 0 Å². The first-order valence-electron chi connectivity index (χ1n) is 12.7. The highest BCUT2D eigenvalue weighted by atomic mass is 16.3. The molecular formula is C31H26N4O4. The van der Waals surface area contributed by atoms with Crippen molar-refractivity contribution in [3.8, 4) is 17.0 Å². The topological polar surface area (TPSA) is 106 Å². The van der Waals surface area contributed by atoms with E-state index in [4.69, 9.17) is 4.42 Å². The van der Waals surface area contributed by atoms with Gasteiger partial charge >= 0.3 is 0 Å². The molecule has 0 unspecified atom stereocenters. The van der Waals surface area contributed by atoms with Crippen molar-refractivity contribution in [2.75, 3.05) is 7.05 Å². The fourth-order valence-electron chi connectivity index (χ4n) is 4.87. The molecule has 0 aliphatic heterocycles. The summed E-state index contributed by atoms with van der Waals surface area (Å²) >= 11 is 0. The lowest BCUT2D eigenvalue weighted by Gasteiger charge is -2.18. The molecule has 1 aliphatic rings. The van der Waals surface area contributed by atoms with E-state index >= 15 is 0 Å². The van der Waals surface area contributed by atoms with Gasteiger partial charge in [-0.05, 0) is 43.5 Å². The average molecular weight is 519 g/mol. The molecule has 1 aliphatic carbocycles. The van der Waals surface area contributed by atoms with Gasteiger partial charge in [-0.25, -0.2) is 4.98 Å². The Labute approximate surface area is 224 Å². The highest BCUT2D eigenvalue weighted by Gasteiger charge is 2.45. The number of carbonyl (C=O) groups excluding carboxylic acids is 2. The van der Waals surface area contributed by atoms with Crippen molar-refractivity contribution in [1.29, 1.82) is 0 Å². The normalized spacial score (nSPS) is 13.7. The van der Waals surface area contributed by atoms with Gasteiger partial charge in [-0.3, -0.25) is 19.0 Å². The van der Waals surface area contributed by atoms with Crippen LogP contribution in [0.1, 0.15) is 44.8 Å². The van der Waals surface area contributed by atoms with Gasteiger partial charge in [-0.2, -0.15) is 0 Å². The number of furan rings is 1. The smallest absolute Gasteiger partial charge is 0.273 e. The van der Waals surface area contributed by atoms with E-state index in [9.17, 15) is 14.4 Å². The van der Waals surface area contributed by atoms with Gasteiger partial charge in [0.1, 0.15) is 17.0 Å². The lowest BCUT2D eigenvalue weighted by molar-refractivity contribution is 0.0923. The van der Waals surface area contributed by atoms with E-state index in [2.05, 4.69) is 15.6 Å². The second-order valence-corrected chi connectivity index (χ2v) is 9.81. The number of hydrogen-bond acceptors (Lipinski definition) is 5. The maximum atomic E-state index is 13.2. The third-order valence-electron chi connectivity index (χ3n) is 7.18. The summed E-state index contributed by atoms with van der Waals surface area (Å²) in [6.45, 7) is 1.99. The highest BCUT2D eigenvalue weighted by Crippen LogP contribution is 2.45. The lowest BCUT2D eigenvalue weighted by atomic mass is 10.0. The summed E-state index contributed by atoms with van der Waals surface area (Å²) in [5, 5.41) is 6.34. The van der Waals surface area contributed by atoms with Crippen LogP contribution < -0.4 is 16.2 Å². The summed E-state index contributed by atoms with van der Waals surface area (Å²) in [6.07, 6.45) is 4.24. The summed E-state index contributed by atoms with van der Waals surface area (Å²) in [5.41, 5.74) is 3.57. The van der Waals surface area contributed by atoms with Crippen LogP contribution in [0.15, 0.2) is 94.4 Å². The number of hydrogen-bond donors (Lipinski definition) is 2. The third kappa shape index (κ3) is 4.40. The molecule has 2 amide bonds. The van der Waals surface area contributed by atoms with Crippen LogP contribution in [-0.4, -0.2) is 28.4 Å². The first-order chi connectivity index (χ1) is 18.9. The summed E-state index contributed by atoms with van der Waals surface area (Å²) in [4.78, 5) is 43.1. The van der Waals surface area contributed by atoms with Gasteiger partial charge in [0, 0.05) is 29.9 Å². The molecule has 2 heterocycles. The molecule has 39 heavy (non-hydrogen) atoms. The van der Waals surface area contributed by atoms with Gasteiger partial charge < -0.3 is 15.1 Å². The van der Waals surface area contributed by atoms with Gasteiger partial charge in [-0.1, -0.05) is 60.2 Å². The summed E-state index contributed by atoms with van der Waals surface area (Å²) in [7, 11) is 1.56. The minimum Gasteiger partial charge on any atom is -0.455 e. The van der Waals surface area contributed by atoms with Gasteiger partial charge in [0.15, 0.2) is 0 Å². The van der Waals surface area contributed by atoms with Crippen LogP contribution in [0.4, 0.5) is 0 Å². The minimum atomic E-state index is -0.411. The average Bonchev–Trinajstić information content (AvgIpc) is 3.65. The monoisotopic (exact) mass is 518 g/mol. The molecule has 5 aromatic rings. The van der Waals surface area contributed by atoms with Crippen molar-refractivity contribution in [1.82, 2.24) is 20.2 Å². The molecule has 194 valence electrons. The molecular weight excluding hydrogens is 492 g/mol. The molecule has 3 aromatic carbocycles. The number of nitrogens with one attached hydrogen (secondary N) is 2. The Hall–Kier alpha value is -4.98. The molecule has 8 heteroatoms. The van der Waals surface area contributed by atoms with Crippen LogP contribution in [0.5, 0.6) is 0 Å². The highest BCUT2D eigenvalue weighted by molar-refractivity contribution is 6.11. The standard InChI is InChI=1S/C31H26N4O4/c1-19-8-10-20(11-9-19)28-27(30(38)32-2)23-16-22(12-13-25(23)39-28)35-18-24(33-17-26(35)36)29(37)34-31(14-15-31)21-6-4-3-5-7-21/h3-13,16-18H,14-15H2,1-2H3,(H,32,38)(H,34,37). The van der Waals surface area contributed by atoms with Gasteiger partial charge in [0.05, 0.1) is 17.3 Å². The van der Waals surface area contributed by atoms with Crippen molar-refractivity contribution < 1.29 is 14.0 Å². The zero-order valence-corrected chi connectivity index (χ0v) is 21.5. The van der Waals surface area contributed by atoms with E-state index in [1.165, 1.54) is 10.8 Å². The fourth-order valence-corrected chi connectivity index (χ4v) is 4.87. The molecule has 6 rings (SSSR count). The third-order valence-corrected chi connectivity index (χ3v) is 7.18. The van der Waals surface area contributed by atoms with Crippen LogP contribution in [-0.2, 0) is 5.54 Å². The Morgan fingerprint density at radius 2 is 1.72 bits per heavy atom. The van der Waals surface area contributed by atoms with Crippen molar-refractivity contribution in [3.63, 3.8) is 0 Å². The van der Waals surface area contributed by atoms with E-state index in [0.29, 0.717) is 28.0 Å². The number of aromatic nitrogens is 2. The second kappa shape index (κ2) is 9.40. The van der Waals surface area contributed by atoms with Gasteiger partial charge in [0.25, 0.3) is 17.4 Å². The van der Waals surface area contributed by atoms with Crippen LogP contribution in [0.3, 0.4) is 0 Å². The molecule has 8 nitrogen and oxygen atoms in total. The predicted molar refractivity (Wildman–Crippen MR) is 148 cm³/mol. The number of benzene rings is 3. The Bertz CT molecular complexity index is 1780. The Morgan fingerprint density at radius 1 is 0.974 bits per heavy atom. The number of amides is 2. The molecule has 1 fully saturated rings. The van der Waals surface area contributed by atoms with Gasteiger partial charge in [-0.15, -0.1) is 0 Å². The molecule has 0 saturated heterocycles. The molecule has 0 atom stereocenters. The number of aryl methyl sites for hydroxylation is 1. The molecule has 1 saturated carbocycles. The summed E-state index contributed by atoms with van der Waals surface area (Å²) < 4.78 is 7.47. The zero-order valence-electron chi connectivity index (χ0n) is 21.5. The molecule has 2 N–H and O–H groups in total. The first kappa shape index (κ1) is 24.4. The molecule has 0 spiro atoms. The van der Waals surface area contributed by atoms with Crippen LogP contribution in [0.2, 0.25) is 0 Å². The maximum Gasteiger partial charge on any atom is 0.273 e. The Balaban J connectivity index is 1.39. The van der Waals surface area contributed by atoms with Crippen molar-refractivity contribution in [2.45, 2.75) is 25.3 Å². The van der Waals surface area contributed by atoms with Crippen LogP contribution in [0.25, 0.3) is 28.0 Å². The quantitative estimate of drug-likeness (QED) is 0.338. The van der Waals surface area contributed by atoms with E-state index in [-0.39, 0.29) is 17.5 Å². The van der Waals surface area contributed by atoms with Crippen LogP contribution >= 0.6 is 0 Å². The summed E-state index contributed by atoms with van der Waals surface area (Å²) in [5.74, 6) is -0.222. The van der Waals surface area contributed by atoms with Crippen LogP contribution in [0, 0.1) is 6.92 Å². The Morgan fingerprint density at radius 3 is 2.41 bits per heavy atom.